The van der Waals surface area contributed by atoms with Crippen molar-refractivity contribution in [2.75, 3.05) is 11.9 Å². The Balaban J connectivity index is 1.66. The van der Waals surface area contributed by atoms with E-state index in [9.17, 15) is 4.39 Å². The minimum atomic E-state index is -0.224. The molecule has 0 spiro atoms. The summed E-state index contributed by atoms with van der Waals surface area (Å²) in [5.74, 6) is 0.477. The molecular weight excluding hydrogens is 293 g/mol. The van der Waals surface area contributed by atoms with Crippen LogP contribution < -0.4 is 5.32 Å². The van der Waals surface area contributed by atoms with E-state index in [0.29, 0.717) is 12.4 Å². The van der Waals surface area contributed by atoms with E-state index in [1.54, 1.807) is 12.4 Å². The average Bonchev–Trinajstić information content (AvgIpc) is 3.08. The number of anilines is 1. The number of H-pyrrole nitrogens is 1. The zero-order chi connectivity index (χ0) is 16.3. The van der Waals surface area contributed by atoms with Gasteiger partial charge in [0, 0.05) is 23.7 Å². The summed E-state index contributed by atoms with van der Waals surface area (Å²) in [6.07, 6.45) is 3.48. The monoisotopic (exact) mass is 311 g/mol. The first-order valence-electron chi connectivity index (χ1n) is 7.37. The Morgan fingerprint density at radius 1 is 1.09 bits per heavy atom. The molecule has 0 amide bonds. The van der Waals surface area contributed by atoms with Gasteiger partial charge in [0.05, 0.1) is 11.9 Å². The molecule has 0 saturated carbocycles. The van der Waals surface area contributed by atoms with Crippen LogP contribution >= 0.6 is 0 Å². The van der Waals surface area contributed by atoms with E-state index >= 15 is 0 Å². The average molecular weight is 311 g/mol. The van der Waals surface area contributed by atoms with Crippen LogP contribution in [0.1, 0.15) is 19.4 Å². The lowest BCUT2D eigenvalue weighted by Gasteiger charge is -2.25. The van der Waals surface area contributed by atoms with Gasteiger partial charge in [0.25, 0.3) is 0 Å². The zero-order valence-corrected chi connectivity index (χ0v) is 13.0. The Bertz CT molecular complexity index is 749. The molecule has 6 heteroatoms. The lowest BCUT2D eigenvalue weighted by atomic mass is 9.84. The first-order valence-corrected chi connectivity index (χ1v) is 7.37. The molecule has 0 aliphatic heterocycles. The largest absolute Gasteiger partial charge is 0.368 e. The zero-order valence-electron chi connectivity index (χ0n) is 13.0. The van der Waals surface area contributed by atoms with Crippen molar-refractivity contribution in [1.82, 2.24) is 20.4 Å². The molecule has 0 atom stereocenters. The standard InChI is InChI=1S/C17H18FN5/c1-17(2,13-3-5-14(18)6-4-13)11-19-16-8-7-15(22-23-16)12-9-20-21-10-12/h3-10H,11H2,1-2H3,(H,19,23)(H,20,21). The number of aromatic nitrogens is 4. The second kappa shape index (κ2) is 6.16. The first-order chi connectivity index (χ1) is 11.0. The molecule has 3 aromatic rings. The lowest BCUT2D eigenvalue weighted by molar-refractivity contribution is 0.552. The van der Waals surface area contributed by atoms with Gasteiger partial charge in [0.15, 0.2) is 0 Å². The second-order valence-corrected chi connectivity index (χ2v) is 6.04. The molecule has 3 rings (SSSR count). The summed E-state index contributed by atoms with van der Waals surface area (Å²) >= 11 is 0. The molecular formula is C17H18FN5. The Morgan fingerprint density at radius 2 is 1.87 bits per heavy atom. The third-order valence-electron chi connectivity index (χ3n) is 3.80. The van der Waals surface area contributed by atoms with Gasteiger partial charge in [0.1, 0.15) is 11.6 Å². The fourth-order valence-electron chi connectivity index (χ4n) is 2.29. The summed E-state index contributed by atoms with van der Waals surface area (Å²) in [6, 6.07) is 10.4. The van der Waals surface area contributed by atoms with Crippen LogP contribution in [0.3, 0.4) is 0 Å². The highest BCUT2D eigenvalue weighted by atomic mass is 19.1. The molecule has 118 valence electrons. The SMILES string of the molecule is CC(C)(CNc1ccc(-c2cn[nH]c2)nn1)c1ccc(F)cc1. The predicted molar refractivity (Wildman–Crippen MR) is 87.5 cm³/mol. The van der Waals surface area contributed by atoms with Crippen LogP contribution in [0.25, 0.3) is 11.3 Å². The third kappa shape index (κ3) is 3.53. The molecule has 5 nitrogen and oxygen atoms in total. The highest BCUT2D eigenvalue weighted by molar-refractivity contribution is 5.57. The maximum atomic E-state index is 13.0. The number of nitrogens with zero attached hydrogens (tertiary/aromatic N) is 3. The number of hydrogen-bond acceptors (Lipinski definition) is 4. The van der Waals surface area contributed by atoms with Crippen LogP contribution in [0.2, 0.25) is 0 Å². The predicted octanol–water partition coefficient (Wildman–Crippen LogP) is 3.40. The smallest absolute Gasteiger partial charge is 0.148 e. The van der Waals surface area contributed by atoms with Gasteiger partial charge in [-0.15, -0.1) is 10.2 Å². The van der Waals surface area contributed by atoms with Gasteiger partial charge in [0.2, 0.25) is 0 Å². The lowest BCUT2D eigenvalue weighted by Crippen LogP contribution is -2.28. The molecule has 0 unspecified atom stereocenters. The topological polar surface area (TPSA) is 66.5 Å². The van der Waals surface area contributed by atoms with Crippen LogP contribution in [-0.2, 0) is 5.41 Å². The van der Waals surface area contributed by atoms with Crippen LogP contribution in [0.5, 0.6) is 0 Å². The molecule has 0 fully saturated rings. The number of hydrogen-bond donors (Lipinski definition) is 2. The summed E-state index contributed by atoms with van der Waals surface area (Å²) in [5, 5.41) is 18.3. The normalized spacial score (nSPS) is 11.4. The number of aromatic amines is 1. The molecule has 2 heterocycles. The van der Waals surface area contributed by atoms with Crippen LogP contribution in [0, 0.1) is 5.82 Å². The Kier molecular flexibility index (Phi) is 4.06. The van der Waals surface area contributed by atoms with Crippen molar-refractivity contribution in [3.05, 3.63) is 60.2 Å². The van der Waals surface area contributed by atoms with E-state index in [4.69, 9.17) is 0 Å². The summed E-state index contributed by atoms with van der Waals surface area (Å²) in [6.45, 7) is 4.86. The molecule has 0 aliphatic carbocycles. The van der Waals surface area contributed by atoms with Crippen molar-refractivity contribution in [3.63, 3.8) is 0 Å². The van der Waals surface area contributed by atoms with Gasteiger partial charge in [-0.3, -0.25) is 5.10 Å². The van der Waals surface area contributed by atoms with E-state index < -0.39 is 0 Å². The fourth-order valence-corrected chi connectivity index (χ4v) is 2.29. The van der Waals surface area contributed by atoms with E-state index in [1.165, 1.54) is 12.1 Å². The van der Waals surface area contributed by atoms with Gasteiger partial charge in [-0.2, -0.15) is 5.10 Å². The molecule has 0 saturated heterocycles. The van der Waals surface area contributed by atoms with E-state index in [2.05, 4.69) is 39.6 Å². The molecule has 0 bridgehead atoms. The van der Waals surface area contributed by atoms with Gasteiger partial charge in [-0.25, -0.2) is 4.39 Å². The maximum absolute atomic E-state index is 13.0. The minimum absolute atomic E-state index is 0.154. The molecule has 0 radical (unpaired) electrons. The van der Waals surface area contributed by atoms with Gasteiger partial charge >= 0.3 is 0 Å². The molecule has 2 N–H and O–H groups in total. The number of nitrogens with one attached hydrogen (secondary N) is 2. The van der Waals surface area contributed by atoms with Crippen molar-refractivity contribution in [3.8, 4) is 11.3 Å². The highest BCUT2D eigenvalue weighted by Crippen LogP contribution is 2.24. The van der Waals surface area contributed by atoms with Gasteiger partial charge in [-0.05, 0) is 29.8 Å². The molecule has 2 aromatic heterocycles. The van der Waals surface area contributed by atoms with Crippen molar-refractivity contribution in [1.29, 1.82) is 0 Å². The van der Waals surface area contributed by atoms with E-state index in [-0.39, 0.29) is 11.2 Å². The molecule has 23 heavy (non-hydrogen) atoms. The van der Waals surface area contributed by atoms with Crippen molar-refractivity contribution in [2.45, 2.75) is 19.3 Å². The van der Waals surface area contributed by atoms with E-state index in [0.717, 1.165) is 16.8 Å². The number of benzene rings is 1. The quantitative estimate of drug-likeness (QED) is 0.758. The highest BCUT2D eigenvalue weighted by Gasteiger charge is 2.20. The first kappa shape index (κ1) is 15.1. The molecule has 1 aromatic carbocycles. The second-order valence-electron chi connectivity index (χ2n) is 6.04. The summed E-state index contributed by atoms with van der Waals surface area (Å²) in [4.78, 5) is 0. The summed E-state index contributed by atoms with van der Waals surface area (Å²) < 4.78 is 13.0. The number of rotatable bonds is 5. The minimum Gasteiger partial charge on any atom is -0.368 e. The Morgan fingerprint density at radius 3 is 2.48 bits per heavy atom. The van der Waals surface area contributed by atoms with Gasteiger partial charge < -0.3 is 5.32 Å². The third-order valence-corrected chi connectivity index (χ3v) is 3.80. The van der Waals surface area contributed by atoms with Crippen LogP contribution in [0.15, 0.2) is 48.8 Å². The van der Waals surface area contributed by atoms with Crippen molar-refractivity contribution in [2.24, 2.45) is 0 Å². The van der Waals surface area contributed by atoms with Crippen LogP contribution in [-0.4, -0.2) is 26.9 Å². The summed E-state index contributed by atoms with van der Waals surface area (Å²) in [5.41, 5.74) is 2.57. The van der Waals surface area contributed by atoms with Crippen molar-refractivity contribution < 1.29 is 4.39 Å². The number of halogens is 1. The summed E-state index contributed by atoms with van der Waals surface area (Å²) in [7, 11) is 0. The van der Waals surface area contributed by atoms with Gasteiger partial charge in [-0.1, -0.05) is 26.0 Å². The fraction of sp³-hybridized carbons (Fsp3) is 0.235. The van der Waals surface area contributed by atoms with E-state index in [1.807, 2.05) is 24.3 Å². The van der Waals surface area contributed by atoms with Crippen LogP contribution in [0.4, 0.5) is 10.2 Å². The Labute approximate surface area is 134 Å². The Hall–Kier alpha value is -2.76. The van der Waals surface area contributed by atoms with Crippen molar-refractivity contribution >= 4 is 5.82 Å². The maximum Gasteiger partial charge on any atom is 0.148 e. The molecule has 0 aliphatic rings.